The molecule has 1 aromatic heterocycles. The molecule has 3 N–H and O–H groups in total. The maximum absolute atomic E-state index is 14.1. The molecule has 0 saturated carbocycles. The first-order chi connectivity index (χ1) is 10.8. The molecule has 2 aromatic rings. The number of halogens is 2. The van der Waals surface area contributed by atoms with E-state index in [4.69, 9.17) is 15.9 Å². The zero-order chi connectivity index (χ0) is 17.1. The average Bonchev–Trinajstić information content (AvgIpc) is 2.88. The predicted molar refractivity (Wildman–Crippen MR) is 84.2 cm³/mol. The summed E-state index contributed by atoms with van der Waals surface area (Å²) in [4.78, 5) is 1.73. The van der Waals surface area contributed by atoms with E-state index < -0.39 is 11.6 Å². The number of nitrogens with one attached hydrogen (secondary N) is 1. The second-order valence-electron chi connectivity index (χ2n) is 5.17. The van der Waals surface area contributed by atoms with Crippen LogP contribution in [-0.4, -0.2) is 36.3 Å². The minimum atomic E-state index is -0.709. The third-order valence-electron chi connectivity index (χ3n) is 3.22. The van der Waals surface area contributed by atoms with Gasteiger partial charge >= 0.3 is 0 Å². The second-order valence-corrected chi connectivity index (χ2v) is 5.17. The van der Waals surface area contributed by atoms with E-state index in [9.17, 15) is 8.78 Å². The van der Waals surface area contributed by atoms with Crippen LogP contribution in [0.3, 0.4) is 0 Å². The third-order valence-corrected chi connectivity index (χ3v) is 3.22. The lowest BCUT2D eigenvalue weighted by Gasteiger charge is -2.10. The molecule has 0 aliphatic heterocycles. The summed E-state index contributed by atoms with van der Waals surface area (Å²) in [5, 5.41) is 11.7. The average molecular weight is 323 g/mol. The Bertz CT molecular complexity index is 704. The highest BCUT2D eigenvalue weighted by Gasteiger charge is 2.17. The van der Waals surface area contributed by atoms with E-state index in [0.29, 0.717) is 12.3 Å². The molecule has 0 atom stereocenters. The van der Waals surface area contributed by atoms with Crippen molar-refractivity contribution in [3.8, 4) is 5.75 Å². The molecular formula is C15H19F2N5O. The summed E-state index contributed by atoms with van der Waals surface area (Å²) in [7, 11) is 3.54. The van der Waals surface area contributed by atoms with Gasteiger partial charge in [0.25, 0.3) is 0 Å². The Kier molecular flexibility index (Phi) is 4.83. The van der Waals surface area contributed by atoms with Crippen molar-refractivity contribution in [2.24, 2.45) is 5.73 Å². The van der Waals surface area contributed by atoms with Crippen LogP contribution in [-0.2, 0) is 6.54 Å². The van der Waals surface area contributed by atoms with Gasteiger partial charge in [0.2, 0.25) is 0 Å². The Balaban J connectivity index is 2.36. The van der Waals surface area contributed by atoms with Gasteiger partial charge in [0.15, 0.2) is 0 Å². The fourth-order valence-electron chi connectivity index (χ4n) is 2.15. The van der Waals surface area contributed by atoms with Gasteiger partial charge in [-0.2, -0.15) is 5.10 Å². The number of nitrogens with two attached hydrogens (primary N) is 1. The molecule has 0 aliphatic rings. The largest absolute Gasteiger partial charge is 0.494 e. The first-order valence-corrected chi connectivity index (χ1v) is 7.03. The van der Waals surface area contributed by atoms with Crippen LogP contribution in [0.25, 0.3) is 0 Å². The molecule has 0 fully saturated rings. The van der Waals surface area contributed by atoms with Crippen molar-refractivity contribution in [3.63, 3.8) is 0 Å². The molecule has 0 amide bonds. The quantitative estimate of drug-likeness (QED) is 0.629. The SMILES string of the molecule is CCOc1cc(F)c(Cn2cc(N(C)C)c(C(=N)N)n2)c(F)c1. The van der Waals surface area contributed by atoms with Crippen LogP contribution >= 0.6 is 0 Å². The Morgan fingerprint density at radius 1 is 1.35 bits per heavy atom. The number of nitrogen functional groups attached to an aromatic ring is 1. The molecule has 23 heavy (non-hydrogen) atoms. The molecule has 1 aromatic carbocycles. The van der Waals surface area contributed by atoms with E-state index in [0.717, 1.165) is 12.1 Å². The summed E-state index contributed by atoms with van der Waals surface area (Å²) >= 11 is 0. The van der Waals surface area contributed by atoms with Crippen molar-refractivity contribution in [2.75, 3.05) is 25.6 Å². The van der Waals surface area contributed by atoms with E-state index in [2.05, 4.69) is 5.10 Å². The van der Waals surface area contributed by atoms with E-state index in [-0.39, 0.29) is 29.4 Å². The first-order valence-electron chi connectivity index (χ1n) is 7.03. The lowest BCUT2D eigenvalue weighted by Crippen LogP contribution is -2.18. The van der Waals surface area contributed by atoms with Crippen molar-refractivity contribution >= 4 is 11.5 Å². The molecule has 0 radical (unpaired) electrons. The minimum absolute atomic E-state index is 0.113. The number of rotatable bonds is 6. The predicted octanol–water partition coefficient (Wildman–Crippen LogP) is 1.96. The zero-order valence-electron chi connectivity index (χ0n) is 13.2. The van der Waals surface area contributed by atoms with Gasteiger partial charge in [-0.1, -0.05) is 0 Å². The van der Waals surface area contributed by atoms with Crippen molar-refractivity contribution in [1.29, 1.82) is 5.41 Å². The van der Waals surface area contributed by atoms with Crippen LogP contribution in [0.15, 0.2) is 18.3 Å². The number of anilines is 1. The molecular weight excluding hydrogens is 304 g/mol. The number of nitrogens with zero attached hydrogens (tertiary/aromatic N) is 3. The van der Waals surface area contributed by atoms with Crippen LogP contribution in [0, 0.1) is 17.0 Å². The maximum atomic E-state index is 14.1. The number of benzene rings is 1. The highest BCUT2D eigenvalue weighted by molar-refractivity contribution is 5.98. The molecule has 8 heteroatoms. The summed E-state index contributed by atoms with van der Waals surface area (Å²) in [6.07, 6.45) is 1.59. The summed E-state index contributed by atoms with van der Waals surface area (Å²) in [6.45, 7) is 1.95. The molecule has 124 valence electrons. The summed E-state index contributed by atoms with van der Waals surface area (Å²) in [5.74, 6) is -1.48. The Morgan fingerprint density at radius 3 is 2.39 bits per heavy atom. The number of hydrogen-bond donors (Lipinski definition) is 2. The molecule has 2 rings (SSSR count). The monoisotopic (exact) mass is 323 g/mol. The lowest BCUT2D eigenvalue weighted by molar-refractivity contribution is 0.335. The fourth-order valence-corrected chi connectivity index (χ4v) is 2.15. The van der Waals surface area contributed by atoms with Gasteiger partial charge in [-0.25, -0.2) is 8.78 Å². The maximum Gasteiger partial charge on any atom is 0.150 e. The number of hydrogen-bond acceptors (Lipinski definition) is 4. The van der Waals surface area contributed by atoms with E-state index in [1.807, 2.05) is 0 Å². The standard InChI is InChI=1S/C15H19F2N5O/c1-4-23-9-5-11(16)10(12(17)6-9)7-22-8-13(21(2)3)14(20-22)15(18)19/h5-6,8H,4,7H2,1-3H3,(H3,18,19). The number of aromatic nitrogens is 2. The Hall–Kier alpha value is -2.64. The van der Waals surface area contributed by atoms with E-state index in [1.165, 1.54) is 4.68 Å². The van der Waals surface area contributed by atoms with Gasteiger partial charge in [-0.05, 0) is 6.92 Å². The molecule has 0 saturated heterocycles. The Morgan fingerprint density at radius 2 is 1.96 bits per heavy atom. The first kappa shape index (κ1) is 16.7. The summed E-state index contributed by atoms with van der Waals surface area (Å²) in [5.41, 5.74) is 6.23. The lowest BCUT2D eigenvalue weighted by atomic mass is 10.2. The zero-order valence-corrected chi connectivity index (χ0v) is 13.2. The van der Waals surface area contributed by atoms with Gasteiger partial charge in [-0.15, -0.1) is 0 Å². The second kappa shape index (κ2) is 6.64. The van der Waals surface area contributed by atoms with Crippen LogP contribution < -0.4 is 15.4 Å². The normalized spacial score (nSPS) is 10.7. The van der Waals surface area contributed by atoms with Crippen LogP contribution in [0.5, 0.6) is 5.75 Å². The van der Waals surface area contributed by atoms with E-state index in [1.54, 1.807) is 32.1 Å². The fraction of sp³-hybridized carbons (Fsp3) is 0.333. The number of ether oxygens (including phenoxy) is 1. The topological polar surface area (TPSA) is 80.2 Å². The molecule has 1 heterocycles. The van der Waals surface area contributed by atoms with Gasteiger partial charge in [0.05, 0.1) is 18.8 Å². The summed E-state index contributed by atoms with van der Waals surface area (Å²) in [6, 6.07) is 2.29. The highest BCUT2D eigenvalue weighted by Crippen LogP contribution is 2.23. The van der Waals surface area contributed by atoms with Gasteiger partial charge in [-0.3, -0.25) is 10.1 Å². The smallest absolute Gasteiger partial charge is 0.150 e. The minimum Gasteiger partial charge on any atom is -0.494 e. The molecule has 0 spiro atoms. The third kappa shape index (κ3) is 3.58. The van der Waals surface area contributed by atoms with Gasteiger partial charge in [0, 0.05) is 38.0 Å². The van der Waals surface area contributed by atoms with Crippen molar-refractivity contribution in [1.82, 2.24) is 9.78 Å². The van der Waals surface area contributed by atoms with Gasteiger partial charge in [0.1, 0.15) is 28.9 Å². The summed E-state index contributed by atoms with van der Waals surface area (Å²) < 4.78 is 34.7. The molecule has 0 bridgehead atoms. The van der Waals surface area contributed by atoms with Crippen LogP contribution in [0.2, 0.25) is 0 Å². The number of amidine groups is 1. The van der Waals surface area contributed by atoms with Crippen LogP contribution in [0.1, 0.15) is 18.2 Å². The molecule has 0 unspecified atom stereocenters. The Labute approximate surface area is 133 Å². The van der Waals surface area contributed by atoms with Gasteiger partial charge < -0.3 is 15.4 Å². The van der Waals surface area contributed by atoms with Crippen molar-refractivity contribution in [3.05, 3.63) is 41.2 Å². The van der Waals surface area contributed by atoms with E-state index >= 15 is 0 Å². The molecule has 0 aliphatic carbocycles. The highest BCUT2D eigenvalue weighted by atomic mass is 19.1. The van der Waals surface area contributed by atoms with Crippen LogP contribution in [0.4, 0.5) is 14.5 Å². The van der Waals surface area contributed by atoms with Crippen molar-refractivity contribution < 1.29 is 13.5 Å². The molecule has 6 nitrogen and oxygen atoms in total. The van der Waals surface area contributed by atoms with Crippen molar-refractivity contribution in [2.45, 2.75) is 13.5 Å².